The van der Waals surface area contributed by atoms with E-state index in [-0.39, 0.29) is 23.9 Å². The largest absolute Gasteiger partial charge is 0.444 e. The van der Waals surface area contributed by atoms with Gasteiger partial charge in [-0.2, -0.15) is 0 Å². The third-order valence-corrected chi connectivity index (χ3v) is 11.7. The molecule has 4 aromatic carbocycles. The predicted octanol–water partition coefficient (Wildman–Crippen LogP) is 9.73. The molecule has 4 atom stereocenters. The maximum Gasteiger partial charge on any atom is 0.408 e. The average molecular weight is 915 g/mol. The molecule has 2 aromatic heterocycles. The van der Waals surface area contributed by atoms with E-state index < -0.39 is 35.5 Å². The van der Waals surface area contributed by atoms with Crippen molar-refractivity contribution < 1.29 is 28.7 Å². The number of nitrogens with one attached hydrogen (secondary N) is 4. The summed E-state index contributed by atoms with van der Waals surface area (Å²) in [6.45, 7) is 11.8. The number of amides is 4. The van der Waals surface area contributed by atoms with Crippen LogP contribution in [0, 0.1) is 11.8 Å². The third-order valence-electron chi connectivity index (χ3n) is 11.7. The zero-order valence-electron chi connectivity index (χ0n) is 39.3. The van der Waals surface area contributed by atoms with Crippen LogP contribution in [0.15, 0.2) is 122 Å². The molecule has 0 radical (unpaired) electrons. The molecule has 0 bridgehead atoms. The van der Waals surface area contributed by atoms with Crippen molar-refractivity contribution in [3.8, 4) is 34.4 Å². The van der Waals surface area contributed by atoms with E-state index in [1.807, 2.05) is 109 Å². The number of ether oxygens (including phenoxy) is 2. The van der Waals surface area contributed by atoms with Gasteiger partial charge in [0.15, 0.2) is 0 Å². The van der Waals surface area contributed by atoms with Gasteiger partial charge in [0.1, 0.15) is 34.9 Å². The van der Waals surface area contributed by atoms with E-state index >= 15 is 0 Å². The number of aromatic nitrogens is 4. The van der Waals surface area contributed by atoms with Crippen LogP contribution in [0.1, 0.15) is 125 Å². The number of aromatic amines is 2. The molecular weight excluding hydrogens is 857 g/mol. The Morgan fingerprint density at radius 2 is 0.941 bits per heavy atom. The topological polar surface area (TPSA) is 175 Å². The Hall–Kier alpha value is -7.66. The van der Waals surface area contributed by atoms with Crippen LogP contribution in [-0.2, 0) is 19.1 Å². The smallest absolute Gasteiger partial charge is 0.408 e. The standard InChI is InChI=1S/C54H58N8O6/c1-53(2,3)67-51(65)59-45(39-15-9-7-10-16-39)49(63)61-31-13-19-43(61)47-55-33-41(57-47)37-27-23-35(24-28-37)21-22-36-25-29-38(30-26-36)42-34-56-48(58-42)44-20-14-32-62(44)50(64)46(40-17-11-8-12-18-40)60-52(66)68-54(4,5)6/h7-12,15-18,23-30,33-34,43-46H,13-14,19-20,31-32H2,1-6H3,(H,55,57)(H,56,58)(H,59,65)(H,60,66)/t43-,44-,45+,46+/m0/s1. The monoisotopic (exact) mass is 914 g/mol. The number of H-pyrrole nitrogens is 2. The predicted molar refractivity (Wildman–Crippen MR) is 259 cm³/mol. The lowest BCUT2D eigenvalue weighted by molar-refractivity contribution is -0.135. The van der Waals surface area contributed by atoms with Gasteiger partial charge in [-0.15, -0.1) is 0 Å². The van der Waals surface area contributed by atoms with Crippen LogP contribution in [0.25, 0.3) is 22.5 Å². The molecule has 2 aliphatic heterocycles. The number of rotatable bonds is 10. The second-order valence-corrected chi connectivity index (χ2v) is 19.1. The third kappa shape index (κ3) is 11.5. The molecule has 0 saturated carbocycles. The Morgan fingerprint density at radius 1 is 0.574 bits per heavy atom. The second kappa shape index (κ2) is 20.1. The maximum atomic E-state index is 14.1. The zero-order valence-corrected chi connectivity index (χ0v) is 39.3. The van der Waals surface area contributed by atoms with E-state index in [0.717, 1.165) is 59.3 Å². The number of benzene rings is 4. The van der Waals surface area contributed by atoms with Crippen LogP contribution in [0.4, 0.5) is 9.59 Å². The fourth-order valence-electron chi connectivity index (χ4n) is 8.59. The summed E-state index contributed by atoms with van der Waals surface area (Å²) in [6.07, 6.45) is 5.34. The van der Waals surface area contributed by atoms with Gasteiger partial charge in [0.05, 0.1) is 35.9 Å². The van der Waals surface area contributed by atoms with E-state index in [0.29, 0.717) is 35.9 Å². The first kappa shape index (κ1) is 46.9. The average Bonchev–Trinajstić information content (AvgIpc) is 4.16. The Bertz CT molecular complexity index is 2590. The first-order valence-corrected chi connectivity index (χ1v) is 23.1. The second-order valence-electron chi connectivity index (χ2n) is 19.1. The number of hydrogen-bond donors (Lipinski definition) is 4. The van der Waals surface area contributed by atoms with Gasteiger partial charge >= 0.3 is 12.2 Å². The fraction of sp³-hybridized carbons (Fsp3) is 0.333. The normalized spacial score (nSPS) is 16.9. The van der Waals surface area contributed by atoms with Gasteiger partial charge in [0.25, 0.3) is 11.8 Å². The van der Waals surface area contributed by atoms with E-state index in [1.54, 1.807) is 63.7 Å². The summed E-state index contributed by atoms with van der Waals surface area (Å²) in [4.78, 5) is 73.9. The molecule has 0 unspecified atom stereocenters. The minimum Gasteiger partial charge on any atom is -0.444 e. The van der Waals surface area contributed by atoms with Gasteiger partial charge in [-0.25, -0.2) is 19.6 Å². The van der Waals surface area contributed by atoms with E-state index in [4.69, 9.17) is 19.4 Å². The zero-order chi connectivity index (χ0) is 48.0. The Kier molecular flexibility index (Phi) is 13.8. The maximum absolute atomic E-state index is 14.1. The summed E-state index contributed by atoms with van der Waals surface area (Å²) in [5.41, 5.74) is 5.12. The lowest BCUT2D eigenvalue weighted by Crippen LogP contribution is -2.44. The number of carbonyl (C=O) groups excluding carboxylic acids is 4. The number of likely N-dealkylation sites (tertiary alicyclic amines) is 2. The van der Waals surface area contributed by atoms with Crippen molar-refractivity contribution in [3.63, 3.8) is 0 Å². The molecule has 4 N–H and O–H groups in total. The highest BCUT2D eigenvalue weighted by molar-refractivity contribution is 5.88. The van der Waals surface area contributed by atoms with Crippen molar-refractivity contribution in [2.24, 2.45) is 0 Å². The number of carbonyl (C=O) groups is 4. The molecule has 2 aliphatic rings. The molecule has 68 heavy (non-hydrogen) atoms. The fourth-order valence-corrected chi connectivity index (χ4v) is 8.59. The van der Waals surface area contributed by atoms with Crippen molar-refractivity contribution in [2.45, 2.75) is 103 Å². The Morgan fingerprint density at radius 3 is 1.29 bits per heavy atom. The molecule has 350 valence electrons. The van der Waals surface area contributed by atoms with Crippen LogP contribution in [0.5, 0.6) is 0 Å². The summed E-state index contributed by atoms with van der Waals surface area (Å²) >= 11 is 0. The van der Waals surface area contributed by atoms with Gasteiger partial charge < -0.3 is 39.9 Å². The summed E-state index contributed by atoms with van der Waals surface area (Å²) in [7, 11) is 0. The minimum atomic E-state index is -0.913. The SMILES string of the molecule is CC(C)(C)OC(=O)N[C@@H](C(=O)N1CCC[C@H]1c1ncc(-c2ccc(C#Cc3ccc(-c4cnc([C@@H]5CCCN5C(=O)[C@H](NC(=O)OC(C)(C)C)c5ccccc5)[nH]4)cc3)cc2)[nH]1)c1ccccc1. The van der Waals surface area contributed by atoms with E-state index in [1.165, 1.54) is 0 Å². The highest BCUT2D eigenvalue weighted by Gasteiger charge is 2.39. The summed E-state index contributed by atoms with van der Waals surface area (Å²) in [6, 6.07) is 31.9. The highest BCUT2D eigenvalue weighted by atomic mass is 16.6. The van der Waals surface area contributed by atoms with Crippen LogP contribution in [0.3, 0.4) is 0 Å². The molecule has 8 rings (SSSR count). The van der Waals surface area contributed by atoms with Crippen molar-refractivity contribution >= 4 is 24.0 Å². The van der Waals surface area contributed by atoms with Gasteiger partial charge in [0.2, 0.25) is 0 Å². The van der Waals surface area contributed by atoms with E-state index in [9.17, 15) is 19.2 Å². The molecule has 6 aromatic rings. The molecule has 2 saturated heterocycles. The first-order valence-electron chi connectivity index (χ1n) is 23.1. The highest BCUT2D eigenvalue weighted by Crippen LogP contribution is 2.36. The molecule has 0 spiro atoms. The lowest BCUT2D eigenvalue weighted by Gasteiger charge is -2.29. The van der Waals surface area contributed by atoms with Crippen LogP contribution < -0.4 is 10.6 Å². The van der Waals surface area contributed by atoms with Crippen molar-refractivity contribution in [2.75, 3.05) is 13.1 Å². The molecule has 4 amide bonds. The summed E-state index contributed by atoms with van der Waals surface area (Å²) < 4.78 is 11.0. The Balaban J connectivity index is 0.898. The molecular formula is C54H58N8O6. The molecule has 14 heteroatoms. The first-order chi connectivity index (χ1) is 32.6. The minimum absolute atomic E-state index is 0.220. The van der Waals surface area contributed by atoms with Gasteiger partial charge in [-0.1, -0.05) is 96.8 Å². The van der Waals surface area contributed by atoms with Gasteiger partial charge in [-0.05, 0) is 114 Å². The summed E-state index contributed by atoms with van der Waals surface area (Å²) in [5, 5.41) is 5.63. The van der Waals surface area contributed by atoms with Crippen molar-refractivity contribution in [1.29, 1.82) is 0 Å². The molecule has 4 heterocycles. The lowest BCUT2D eigenvalue weighted by atomic mass is 10.0. The van der Waals surface area contributed by atoms with Gasteiger partial charge in [0, 0.05) is 24.2 Å². The van der Waals surface area contributed by atoms with Crippen molar-refractivity contribution in [1.82, 2.24) is 40.4 Å². The number of nitrogens with zero attached hydrogens (tertiary/aromatic N) is 4. The number of alkyl carbamates (subject to hydrolysis) is 2. The summed E-state index contributed by atoms with van der Waals surface area (Å²) in [5.74, 6) is 7.46. The van der Waals surface area contributed by atoms with Crippen LogP contribution >= 0.6 is 0 Å². The van der Waals surface area contributed by atoms with Gasteiger partial charge in [-0.3, -0.25) is 9.59 Å². The molecule has 14 nitrogen and oxygen atoms in total. The van der Waals surface area contributed by atoms with Crippen LogP contribution in [0.2, 0.25) is 0 Å². The van der Waals surface area contributed by atoms with E-state index in [2.05, 4.69) is 32.4 Å². The number of imidazole rings is 2. The number of hydrogen-bond acceptors (Lipinski definition) is 8. The quantitative estimate of drug-likeness (QED) is 0.0983. The molecule has 0 aliphatic carbocycles. The van der Waals surface area contributed by atoms with Crippen molar-refractivity contribution in [3.05, 3.63) is 155 Å². The Labute approximate surface area is 397 Å². The van der Waals surface area contributed by atoms with Crippen LogP contribution in [-0.4, -0.2) is 78.0 Å². The molecule has 2 fully saturated rings.